The minimum Gasteiger partial charge on any atom is -0.445 e. The molecule has 18 heavy (non-hydrogen) atoms. The fourth-order valence-corrected chi connectivity index (χ4v) is 2.51. The second-order valence-corrected chi connectivity index (χ2v) is 5.17. The van der Waals surface area contributed by atoms with Gasteiger partial charge < -0.3 is 10.1 Å². The number of benzene rings is 1. The molecule has 0 heterocycles. The van der Waals surface area contributed by atoms with Crippen LogP contribution >= 0.6 is 11.6 Å². The molecule has 0 aliphatic heterocycles. The number of hydrogen-bond acceptors (Lipinski definition) is 2. The third kappa shape index (κ3) is 3.91. The van der Waals surface area contributed by atoms with Crippen LogP contribution in [0.5, 0.6) is 0 Å². The summed E-state index contributed by atoms with van der Waals surface area (Å²) in [5, 5.41) is 2.88. The number of rotatable bonds is 3. The number of alkyl halides is 1. The van der Waals surface area contributed by atoms with E-state index < -0.39 is 0 Å². The average Bonchev–Trinajstić information content (AvgIpc) is 2.40. The maximum atomic E-state index is 11.6. The quantitative estimate of drug-likeness (QED) is 0.852. The molecule has 1 fully saturated rings. The van der Waals surface area contributed by atoms with Gasteiger partial charge in [-0.25, -0.2) is 4.79 Å². The summed E-state index contributed by atoms with van der Waals surface area (Å²) >= 11 is 6.17. The van der Waals surface area contributed by atoms with E-state index in [9.17, 15) is 4.79 Å². The second kappa shape index (κ2) is 6.64. The molecule has 3 nitrogen and oxygen atoms in total. The second-order valence-electron chi connectivity index (χ2n) is 4.61. The standard InChI is InChI=1S/C14H18ClNO2/c15-12-8-4-5-9-13(12)16-14(17)18-10-11-6-2-1-3-7-11/h1-3,6-7,12-13H,4-5,8-10H2,(H,16,17)/t12-,13+/m1/s1. The van der Waals surface area contributed by atoms with E-state index in [2.05, 4.69) is 5.32 Å². The molecule has 0 aromatic heterocycles. The van der Waals surface area contributed by atoms with E-state index in [1.807, 2.05) is 30.3 Å². The van der Waals surface area contributed by atoms with Crippen molar-refractivity contribution in [3.63, 3.8) is 0 Å². The number of hydrogen-bond donors (Lipinski definition) is 1. The van der Waals surface area contributed by atoms with Crippen molar-refractivity contribution in [1.82, 2.24) is 5.32 Å². The van der Waals surface area contributed by atoms with Crippen LogP contribution in [0, 0.1) is 0 Å². The highest BCUT2D eigenvalue weighted by Crippen LogP contribution is 2.23. The number of nitrogens with one attached hydrogen (secondary N) is 1. The van der Waals surface area contributed by atoms with Gasteiger partial charge in [-0.1, -0.05) is 43.2 Å². The third-order valence-electron chi connectivity index (χ3n) is 3.20. The van der Waals surface area contributed by atoms with Crippen LogP contribution in [0.25, 0.3) is 0 Å². The summed E-state index contributed by atoms with van der Waals surface area (Å²) in [5.41, 5.74) is 0.985. The fourth-order valence-electron chi connectivity index (χ4n) is 2.16. The Hall–Kier alpha value is -1.22. The number of halogens is 1. The van der Waals surface area contributed by atoms with Gasteiger partial charge in [-0.15, -0.1) is 11.6 Å². The van der Waals surface area contributed by atoms with Crippen LogP contribution in [0.2, 0.25) is 0 Å². The Bertz CT molecular complexity index is 383. The molecule has 0 saturated heterocycles. The zero-order chi connectivity index (χ0) is 12.8. The van der Waals surface area contributed by atoms with Crippen LogP contribution in [-0.2, 0) is 11.3 Å². The summed E-state index contributed by atoms with van der Waals surface area (Å²) in [7, 11) is 0. The molecule has 1 N–H and O–H groups in total. The van der Waals surface area contributed by atoms with Crippen LogP contribution in [-0.4, -0.2) is 17.5 Å². The topological polar surface area (TPSA) is 38.3 Å². The van der Waals surface area contributed by atoms with Gasteiger partial charge in [-0.3, -0.25) is 0 Å². The van der Waals surface area contributed by atoms with Crippen molar-refractivity contribution < 1.29 is 9.53 Å². The van der Waals surface area contributed by atoms with Gasteiger partial charge in [0.25, 0.3) is 0 Å². The molecule has 0 unspecified atom stereocenters. The van der Waals surface area contributed by atoms with Gasteiger partial charge in [0.1, 0.15) is 6.61 Å². The first-order valence-corrected chi connectivity index (χ1v) is 6.80. The van der Waals surface area contributed by atoms with Crippen LogP contribution in [0.4, 0.5) is 4.79 Å². The molecule has 1 aromatic rings. The predicted molar refractivity (Wildman–Crippen MR) is 71.7 cm³/mol. The molecule has 1 amide bonds. The molecule has 1 saturated carbocycles. The molecule has 1 aliphatic carbocycles. The lowest BCUT2D eigenvalue weighted by molar-refractivity contribution is 0.133. The number of ether oxygens (including phenoxy) is 1. The van der Waals surface area contributed by atoms with Gasteiger partial charge in [-0.05, 0) is 18.4 Å². The SMILES string of the molecule is O=C(N[C@H]1CCCC[C@H]1Cl)OCc1ccccc1. The van der Waals surface area contributed by atoms with Gasteiger partial charge in [0.05, 0.1) is 5.38 Å². The van der Waals surface area contributed by atoms with E-state index >= 15 is 0 Å². The first-order chi connectivity index (χ1) is 8.75. The van der Waals surface area contributed by atoms with E-state index in [0.29, 0.717) is 6.61 Å². The Kier molecular flexibility index (Phi) is 4.88. The van der Waals surface area contributed by atoms with Crippen molar-refractivity contribution in [2.24, 2.45) is 0 Å². The largest absolute Gasteiger partial charge is 0.445 e. The normalized spacial score (nSPS) is 23.4. The molecule has 0 radical (unpaired) electrons. The summed E-state index contributed by atoms with van der Waals surface area (Å²) in [6, 6.07) is 9.68. The fraction of sp³-hybridized carbons (Fsp3) is 0.500. The van der Waals surface area contributed by atoms with Crippen molar-refractivity contribution in [3.8, 4) is 0 Å². The number of carbonyl (C=O) groups is 1. The lowest BCUT2D eigenvalue weighted by Crippen LogP contribution is -2.43. The first-order valence-electron chi connectivity index (χ1n) is 6.37. The van der Waals surface area contributed by atoms with E-state index in [0.717, 1.165) is 31.2 Å². The van der Waals surface area contributed by atoms with Crippen LogP contribution in [0.3, 0.4) is 0 Å². The molecule has 1 aromatic carbocycles. The number of carbonyl (C=O) groups excluding carboxylic acids is 1. The molecule has 4 heteroatoms. The summed E-state index contributed by atoms with van der Waals surface area (Å²) in [6.07, 6.45) is 3.79. The molecule has 0 bridgehead atoms. The van der Waals surface area contributed by atoms with E-state index in [-0.39, 0.29) is 17.5 Å². The summed E-state index contributed by atoms with van der Waals surface area (Å²) < 4.78 is 5.17. The zero-order valence-electron chi connectivity index (χ0n) is 10.3. The molecule has 1 aliphatic rings. The summed E-state index contributed by atoms with van der Waals surface area (Å²) in [6.45, 7) is 0.298. The van der Waals surface area contributed by atoms with Crippen molar-refractivity contribution in [2.45, 2.75) is 43.7 Å². The Morgan fingerprint density at radius 2 is 2.00 bits per heavy atom. The monoisotopic (exact) mass is 267 g/mol. The van der Waals surface area contributed by atoms with Crippen molar-refractivity contribution >= 4 is 17.7 Å². The summed E-state index contributed by atoms with van der Waals surface area (Å²) in [4.78, 5) is 11.6. The predicted octanol–water partition coefficient (Wildman–Crippen LogP) is 3.46. The van der Waals surface area contributed by atoms with E-state index in [1.54, 1.807) is 0 Å². The van der Waals surface area contributed by atoms with E-state index in [1.165, 1.54) is 0 Å². The third-order valence-corrected chi connectivity index (χ3v) is 3.72. The van der Waals surface area contributed by atoms with Crippen molar-refractivity contribution in [2.75, 3.05) is 0 Å². The minimum absolute atomic E-state index is 0.0306. The van der Waals surface area contributed by atoms with Gasteiger partial charge in [0.15, 0.2) is 0 Å². The lowest BCUT2D eigenvalue weighted by Gasteiger charge is -2.27. The Labute approximate surface area is 112 Å². The first kappa shape index (κ1) is 13.2. The number of amides is 1. The minimum atomic E-state index is -0.378. The molecule has 98 valence electrons. The van der Waals surface area contributed by atoms with Crippen LogP contribution in [0.15, 0.2) is 30.3 Å². The Balaban J connectivity index is 1.75. The smallest absolute Gasteiger partial charge is 0.407 e. The zero-order valence-corrected chi connectivity index (χ0v) is 11.0. The molecule has 2 atom stereocenters. The van der Waals surface area contributed by atoms with Crippen LogP contribution < -0.4 is 5.32 Å². The highest BCUT2D eigenvalue weighted by molar-refractivity contribution is 6.21. The van der Waals surface area contributed by atoms with Crippen LogP contribution in [0.1, 0.15) is 31.2 Å². The van der Waals surface area contributed by atoms with Gasteiger partial charge in [0, 0.05) is 6.04 Å². The summed E-state index contributed by atoms with van der Waals surface area (Å²) in [5.74, 6) is 0. The van der Waals surface area contributed by atoms with Crippen molar-refractivity contribution in [1.29, 1.82) is 0 Å². The van der Waals surface area contributed by atoms with Gasteiger partial charge >= 0.3 is 6.09 Å². The van der Waals surface area contributed by atoms with E-state index in [4.69, 9.17) is 16.3 Å². The average molecular weight is 268 g/mol. The molecular formula is C14H18ClNO2. The Morgan fingerprint density at radius 1 is 1.28 bits per heavy atom. The lowest BCUT2D eigenvalue weighted by atomic mass is 9.95. The Morgan fingerprint density at radius 3 is 2.72 bits per heavy atom. The van der Waals surface area contributed by atoms with Crippen molar-refractivity contribution in [3.05, 3.63) is 35.9 Å². The number of alkyl carbamates (subject to hydrolysis) is 1. The van der Waals surface area contributed by atoms with Gasteiger partial charge in [0.2, 0.25) is 0 Å². The molecule has 2 rings (SSSR count). The highest BCUT2D eigenvalue weighted by Gasteiger charge is 2.24. The van der Waals surface area contributed by atoms with Gasteiger partial charge in [-0.2, -0.15) is 0 Å². The molecule has 0 spiro atoms. The maximum Gasteiger partial charge on any atom is 0.407 e. The molecular weight excluding hydrogens is 250 g/mol. The maximum absolute atomic E-state index is 11.6. The highest BCUT2D eigenvalue weighted by atomic mass is 35.5.